The van der Waals surface area contributed by atoms with Crippen LogP contribution in [0.15, 0.2) is 16.6 Å². The van der Waals surface area contributed by atoms with E-state index < -0.39 is 0 Å². The summed E-state index contributed by atoms with van der Waals surface area (Å²) >= 11 is 3.64. The van der Waals surface area contributed by atoms with E-state index in [9.17, 15) is 0 Å². The molecule has 1 atom stereocenters. The maximum atomic E-state index is 3.64. The van der Waals surface area contributed by atoms with Crippen molar-refractivity contribution in [3.8, 4) is 0 Å². The predicted molar refractivity (Wildman–Crippen MR) is 86.6 cm³/mol. The summed E-state index contributed by atoms with van der Waals surface area (Å²) in [5, 5.41) is 3.59. The fraction of sp³-hybridized carbons (Fsp3) is 0.647. The predicted octanol–water partition coefficient (Wildman–Crippen LogP) is 5.30. The Labute approximate surface area is 126 Å². The first-order valence-electron chi connectivity index (χ1n) is 7.57. The Morgan fingerprint density at radius 2 is 1.68 bits per heavy atom. The maximum absolute atomic E-state index is 3.64. The molecule has 2 rings (SSSR count). The van der Waals surface area contributed by atoms with E-state index in [0.29, 0.717) is 6.04 Å². The Bertz CT molecular complexity index is 420. The van der Waals surface area contributed by atoms with Crippen LogP contribution in [0, 0.1) is 19.8 Å². The molecule has 106 valence electrons. The summed E-state index contributed by atoms with van der Waals surface area (Å²) < 4.78 is 1.23. The molecule has 0 saturated heterocycles. The second kappa shape index (κ2) is 6.90. The van der Waals surface area contributed by atoms with Crippen molar-refractivity contribution in [1.29, 1.82) is 0 Å². The highest BCUT2D eigenvalue weighted by Gasteiger charge is 2.24. The van der Waals surface area contributed by atoms with Crippen LogP contribution in [0.25, 0.3) is 0 Å². The molecule has 0 bridgehead atoms. The first-order valence-corrected chi connectivity index (χ1v) is 8.36. The van der Waals surface area contributed by atoms with Gasteiger partial charge in [0.25, 0.3) is 0 Å². The van der Waals surface area contributed by atoms with Crippen molar-refractivity contribution in [2.75, 3.05) is 7.05 Å². The molecule has 0 heterocycles. The molecule has 0 radical (unpaired) electrons. The van der Waals surface area contributed by atoms with Gasteiger partial charge in [0.15, 0.2) is 0 Å². The molecule has 1 aliphatic carbocycles. The Balaban J connectivity index is 2.27. The third-order valence-electron chi connectivity index (χ3n) is 4.56. The van der Waals surface area contributed by atoms with Gasteiger partial charge in [0, 0.05) is 10.5 Å². The van der Waals surface area contributed by atoms with Crippen LogP contribution in [-0.4, -0.2) is 7.05 Å². The molecule has 1 saturated carbocycles. The van der Waals surface area contributed by atoms with Gasteiger partial charge in [0.05, 0.1) is 0 Å². The summed E-state index contributed by atoms with van der Waals surface area (Å²) in [6, 6.07) is 5.15. The van der Waals surface area contributed by atoms with Crippen LogP contribution < -0.4 is 5.32 Å². The van der Waals surface area contributed by atoms with E-state index >= 15 is 0 Å². The highest BCUT2D eigenvalue weighted by Crippen LogP contribution is 2.36. The van der Waals surface area contributed by atoms with E-state index in [1.54, 1.807) is 0 Å². The van der Waals surface area contributed by atoms with Crippen LogP contribution in [0.2, 0.25) is 0 Å². The summed E-state index contributed by atoms with van der Waals surface area (Å²) in [6.07, 6.45) is 8.39. The third kappa shape index (κ3) is 3.61. The van der Waals surface area contributed by atoms with Crippen LogP contribution in [0.4, 0.5) is 0 Å². The average Bonchev–Trinajstić information content (AvgIpc) is 2.65. The monoisotopic (exact) mass is 323 g/mol. The number of nitrogens with one attached hydrogen (secondary N) is 1. The van der Waals surface area contributed by atoms with Crippen LogP contribution in [0.1, 0.15) is 61.3 Å². The number of aryl methyl sites for hydroxylation is 2. The molecular weight excluding hydrogens is 298 g/mol. The highest BCUT2D eigenvalue weighted by molar-refractivity contribution is 9.10. The van der Waals surface area contributed by atoms with Gasteiger partial charge < -0.3 is 5.32 Å². The van der Waals surface area contributed by atoms with Crippen LogP contribution >= 0.6 is 15.9 Å². The molecule has 0 amide bonds. The van der Waals surface area contributed by atoms with Crippen molar-refractivity contribution in [2.24, 2.45) is 5.92 Å². The molecule has 1 N–H and O–H groups in total. The zero-order valence-corrected chi connectivity index (χ0v) is 14.0. The van der Waals surface area contributed by atoms with Crippen molar-refractivity contribution in [2.45, 2.75) is 58.4 Å². The molecular formula is C17H26BrN. The van der Waals surface area contributed by atoms with Crippen LogP contribution in [0.5, 0.6) is 0 Å². The molecule has 1 unspecified atom stereocenters. The normalized spacial score (nSPS) is 19.2. The fourth-order valence-electron chi connectivity index (χ4n) is 3.43. The molecule has 0 aliphatic heterocycles. The van der Waals surface area contributed by atoms with Gasteiger partial charge in [-0.3, -0.25) is 0 Å². The van der Waals surface area contributed by atoms with Crippen molar-refractivity contribution >= 4 is 15.9 Å². The molecule has 1 aromatic rings. The van der Waals surface area contributed by atoms with Gasteiger partial charge >= 0.3 is 0 Å². The average molecular weight is 324 g/mol. The standard InChI is InChI=1S/C17H26BrN/c1-12-11-16(18)13(2)10-15(12)17(19-3)14-8-6-4-5-7-9-14/h10-11,14,17,19H,4-9H2,1-3H3. The SMILES string of the molecule is CNC(c1cc(C)c(Br)cc1C)C1CCCCCC1. The Hall–Kier alpha value is -0.340. The summed E-state index contributed by atoms with van der Waals surface area (Å²) in [5.41, 5.74) is 4.24. The number of halogens is 1. The Kier molecular flexibility index (Phi) is 5.47. The lowest BCUT2D eigenvalue weighted by Gasteiger charge is -2.28. The summed E-state index contributed by atoms with van der Waals surface area (Å²) in [6.45, 7) is 4.42. The smallest absolute Gasteiger partial charge is 0.0348 e. The van der Waals surface area contributed by atoms with Gasteiger partial charge in [-0.1, -0.05) is 47.7 Å². The van der Waals surface area contributed by atoms with E-state index in [-0.39, 0.29) is 0 Å². The molecule has 2 heteroatoms. The highest BCUT2D eigenvalue weighted by atomic mass is 79.9. The van der Waals surface area contributed by atoms with Crippen molar-refractivity contribution in [3.63, 3.8) is 0 Å². The number of hydrogen-bond acceptors (Lipinski definition) is 1. The minimum atomic E-state index is 0.518. The van der Waals surface area contributed by atoms with Crippen LogP contribution in [-0.2, 0) is 0 Å². The van der Waals surface area contributed by atoms with E-state index in [4.69, 9.17) is 0 Å². The summed E-state index contributed by atoms with van der Waals surface area (Å²) in [4.78, 5) is 0. The maximum Gasteiger partial charge on any atom is 0.0348 e. The van der Waals surface area contributed by atoms with Crippen molar-refractivity contribution in [3.05, 3.63) is 33.3 Å². The largest absolute Gasteiger partial charge is 0.313 e. The molecule has 19 heavy (non-hydrogen) atoms. The molecule has 1 aromatic carbocycles. The van der Waals surface area contributed by atoms with Gasteiger partial charge in [0.2, 0.25) is 0 Å². The second-order valence-corrected chi connectivity index (χ2v) is 6.83. The quantitative estimate of drug-likeness (QED) is 0.744. The molecule has 1 nitrogen and oxygen atoms in total. The Morgan fingerprint density at radius 3 is 2.26 bits per heavy atom. The van der Waals surface area contributed by atoms with Crippen LogP contribution in [0.3, 0.4) is 0 Å². The van der Waals surface area contributed by atoms with E-state index in [1.807, 2.05) is 0 Å². The minimum absolute atomic E-state index is 0.518. The Morgan fingerprint density at radius 1 is 1.05 bits per heavy atom. The van der Waals surface area contributed by atoms with E-state index in [2.05, 4.69) is 54.3 Å². The molecule has 0 spiro atoms. The van der Waals surface area contributed by atoms with Crippen molar-refractivity contribution in [1.82, 2.24) is 5.32 Å². The lowest BCUT2D eigenvalue weighted by atomic mass is 9.85. The number of hydrogen-bond donors (Lipinski definition) is 1. The molecule has 1 aliphatic rings. The molecule has 0 aromatic heterocycles. The number of rotatable bonds is 3. The van der Waals surface area contributed by atoms with Gasteiger partial charge in [-0.15, -0.1) is 0 Å². The van der Waals surface area contributed by atoms with Gasteiger partial charge in [-0.25, -0.2) is 0 Å². The lowest BCUT2D eigenvalue weighted by molar-refractivity contribution is 0.340. The summed E-state index contributed by atoms with van der Waals surface area (Å²) in [5.74, 6) is 0.798. The zero-order chi connectivity index (χ0) is 13.8. The first-order chi connectivity index (χ1) is 9.13. The molecule has 1 fully saturated rings. The van der Waals surface area contributed by atoms with Gasteiger partial charge in [-0.2, -0.15) is 0 Å². The fourth-order valence-corrected chi connectivity index (χ4v) is 3.89. The lowest BCUT2D eigenvalue weighted by Crippen LogP contribution is -2.26. The minimum Gasteiger partial charge on any atom is -0.313 e. The third-order valence-corrected chi connectivity index (χ3v) is 5.42. The summed E-state index contributed by atoms with van der Waals surface area (Å²) in [7, 11) is 2.12. The zero-order valence-electron chi connectivity index (χ0n) is 12.4. The van der Waals surface area contributed by atoms with Gasteiger partial charge in [0.1, 0.15) is 0 Å². The van der Waals surface area contributed by atoms with E-state index in [1.165, 1.54) is 59.7 Å². The van der Waals surface area contributed by atoms with Crippen molar-refractivity contribution < 1.29 is 0 Å². The van der Waals surface area contributed by atoms with Gasteiger partial charge in [-0.05, 0) is 62.4 Å². The topological polar surface area (TPSA) is 12.0 Å². The number of benzene rings is 1. The first kappa shape index (κ1) is 15.1. The van der Waals surface area contributed by atoms with E-state index in [0.717, 1.165) is 5.92 Å². The second-order valence-electron chi connectivity index (χ2n) is 5.98.